The first kappa shape index (κ1) is 14.3. The maximum absolute atomic E-state index is 11.9. The van der Waals surface area contributed by atoms with Crippen LogP contribution in [0.15, 0.2) is 35.2 Å². The van der Waals surface area contributed by atoms with Crippen LogP contribution in [0.1, 0.15) is 28.0 Å². The predicted molar refractivity (Wildman–Crippen MR) is 78.3 cm³/mol. The number of hydrogen-bond donors (Lipinski definition) is 2. The molecule has 0 atom stereocenters. The first-order chi connectivity index (χ1) is 9.79. The molecular formula is C15H14N2O2S. The van der Waals surface area contributed by atoms with Crippen LogP contribution in [0.3, 0.4) is 0 Å². The van der Waals surface area contributed by atoms with E-state index in [0.29, 0.717) is 18.5 Å². The van der Waals surface area contributed by atoms with E-state index in [1.165, 1.54) is 11.3 Å². The number of aliphatic hydroxyl groups excluding tert-OH is 1. The van der Waals surface area contributed by atoms with Gasteiger partial charge in [0.05, 0.1) is 24.4 Å². The molecule has 0 bridgehead atoms. The summed E-state index contributed by atoms with van der Waals surface area (Å²) in [6.45, 7) is 0.491. The molecule has 0 saturated heterocycles. The third-order valence-electron chi connectivity index (χ3n) is 2.53. The topological polar surface area (TPSA) is 62.2 Å². The number of aliphatic hydroxyl groups is 1. The number of carbonyl (C=O) groups is 1. The van der Waals surface area contributed by atoms with Crippen molar-refractivity contribution in [1.29, 1.82) is 0 Å². The van der Waals surface area contributed by atoms with Gasteiger partial charge in [-0.05, 0) is 24.3 Å². The molecule has 4 nitrogen and oxygen atoms in total. The number of thiazole rings is 1. The fraction of sp³-hybridized carbons (Fsp3) is 0.200. The third kappa shape index (κ3) is 4.19. The Bertz CT molecular complexity index is 610. The van der Waals surface area contributed by atoms with Crippen LogP contribution in [0.5, 0.6) is 0 Å². The van der Waals surface area contributed by atoms with Gasteiger partial charge in [-0.15, -0.1) is 11.3 Å². The summed E-state index contributed by atoms with van der Waals surface area (Å²) >= 11 is 1.50. The lowest BCUT2D eigenvalue weighted by Crippen LogP contribution is -2.22. The van der Waals surface area contributed by atoms with E-state index in [2.05, 4.69) is 22.1 Å². The van der Waals surface area contributed by atoms with Crippen LogP contribution in [0.25, 0.3) is 0 Å². The second-order valence-electron chi connectivity index (χ2n) is 4.02. The molecule has 0 aliphatic heterocycles. The van der Waals surface area contributed by atoms with Gasteiger partial charge >= 0.3 is 0 Å². The highest BCUT2D eigenvalue weighted by Gasteiger charge is 2.05. The summed E-state index contributed by atoms with van der Waals surface area (Å²) in [4.78, 5) is 16.0. The van der Waals surface area contributed by atoms with Crippen LogP contribution in [0.2, 0.25) is 0 Å². The maximum atomic E-state index is 11.9. The molecule has 102 valence electrons. The van der Waals surface area contributed by atoms with Gasteiger partial charge in [-0.25, -0.2) is 4.98 Å². The Kier molecular flexibility index (Phi) is 5.30. The van der Waals surface area contributed by atoms with Crippen molar-refractivity contribution < 1.29 is 9.90 Å². The van der Waals surface area contributed by atoms with Crippen LogP contribution < -0.4 is 5.32 Å². The van der Waals surface area contributed by atoms with Gasteiger partial charge in [0.2, 0.25) is 0 Å². The highest BCUT2D eigenvalue weighted by Crippen LogP contribution is 2.05. The lowest BCUT2D eigenvalue weighted by Gasteiger charge is -2.03. The van der Waals surface area contributed by atoms with Crippen molar-refractivity contribution >= 4 is 17.2 Å². The summed E-state index contributed by atoms with van der Waals surface area (Å²) in [5.41, 5.74) is 4.01. The maximum Gasteiger partial charge on any atom is 0.251 e. The summed E-state index contributed by atoms with van der Waals surface area (Å²) in [5.74, 6) is 5.62. The van der Waals surface area contributed by atoms with Crippen molar-refractivity contribution in [3.8, 4) is 11.8 Å². The monoisotopic (exact) mass is 286 g/mol. The molecule has 5 heteroatoms. The Morgan fingerprint density at radius 2 is 2.15 bits per heavy atom. The molecule has 1 amide bonds. The lowest BCUT2D eigenvalue weighted by atomic mass is 10.1. The Morgan fingerprint density at radius 1 is 1.35 bits per heavy atom. The number of benzene rings is 1. The van der Waals surface area contributed by atoms with E-state index < -0.39 is 0 Å². The Morgan fingerprint density at radius 3 is 2.80 bits per heavy atom. The average molecular weight is 286 g/mol. The minimum Gasteiger partial charge on any atom is -0.395 e. The fourth-order valence-electron chi connectivity index (χ4n) is 1.52. The van der Waals surface area contributed by atoms with Gasteiger partial charge in [0.15, 0.2) is 0 Å². The summed E-state index contributed by atoms with van der Waals surface area (Å²) in [7, 11) is 0. The zero-order valence-corrected chi connectivity index (χ0v) is 11.6. The molecule has 0 radical (unpaired) electrons. The quantitative estimate of drug-likeness (QED) is 0.843. The van der Waals surface area contributed by atoms with Gasteiger partial charge in [-0.2, -0.15) is 0 Å². The van der Waals surface area contributed by atoms with E-state index in [0.717, 1.165) is 11.3 Å². The van der Waals surface area contributed by atoms with Crippen LogP contribution >= 0.6 is 11.3 Å². The molecule has 0 aliphatic carbocycles. The van der Waals surface area contributed by atoms with Crippen LogP contribution in [0.4, 0.5) is 0 Å². The van der Waals surface area contributed by atoms with Crippen molar-refractivity contribution in [2.75, 3.05) is 6.61 Å². The summed E-state index contributed by atoms with van der Waals surface area (Å²) in [6.07, 6.45) is 0.454. The van der Waals surface area contributed by atoms with Gasteiger partial charge in [-0.1, -0.05) is 11.8 Å². The van der Waals surface area contributed by atoms with Crippen molar-refractivity contribution in [2.24, 2.45) is 0 Å². The fourth-order valence-corrected chi connectivity index (χ4v) is 2.08. The first-order valence-corrected chi connectivity index (χ1v) is 7.09. The molecule has 1 heterocycles. The molecule has 1 aromatic carbocycles. The Labute approximate surface area is 121 Å². The Hall–Kier alpha value is -2.16. The van der Waals surface area contributed by atoms with Crippen molar-refractivity contribution in [2.45, 2.75) is 13.0 Å². The van der Waals surface area contributed by atoms with Gasteiger partial charge in [-0.3, -0.25) is 4.79 Å². The van der Waals surface area contributed by atoms with E-state index in [-0.39, 0.29) is 12.5 Å². The van der Waals surface area contributed by atoms with E-state index >= 15 is 0 Å². The lowest BCUT2D eigenvalue weighted by molar-refractivity contribution is 0.0950. The minimum atomic E-state index is -0.132. The van der Waals surface area contributed by atoms with Crippen molar-refractivity contribution in [3.05, 3.63) is 52.0 Å². The summed E-state index contributed by atoms with van der Waals surface area (Å²) < 4.78 is 0. The summed E-state index contributed by atoms with van der Waals surface area (Å²) in [5, 5.41) is 13.4. The van der Waals surface area contributed by atoms with E-state index in [4.69, 9.17) is 5.11 Å². The number of aromatic nitrogens is 1. The average Bonchev–Trinajstić information content (AvgIpc) is 2.99. The van der Waals surface area contributed by atoms with Gasteiger partial charge in [0, 0.05) is 22.9 Å². The predicted octanol–water partition coefficient (Wildman–Crippen LogP) is 1.81. The Balaban J connectivity index is 1.92. The van der Waals surface area contributed by atoms with Crippen molar-refractivity contribution in [1.82, 2.24) is 10.3 Å². The molecule has 0 fully saturated rings. The number of amides is 1. The normalized spacial score (nSPS) is 9.65. The second kappa shape index (κ2) is 7.43. The van der Waals surface area contributed by atoms with Crippen molar-refractivity contribution in [3.63, 3.8) is 0 Å². The van der Waals surface area contributed by atoms with Crippen LogP contribution in [0, 0.1) is 11.8 Å². The van der Waals surface area contributed by atoms with Gasteiger partial charge < -0.3 is 10.4 Å². The third-order valence-corrected chi connectivity index (χ3v) is 3.17. The smallest absolute Gasteiger partial charge is 0.251 e. The first-order valence-electron chi connectivity index (χ1n) is 6.14. The second-order valence-corrected chi connectivity index (χ2v) is 4.73. The molecular weight excluding hydrogens is 272 g/mol. The molecule has 2 N–H and O–H groups in total. The number of nitrogens with one attached hydrogen (secondary N) is 1. The standard InChI is InChI=1S/C15H14N2O2S/c18-8-2-1-3-12-4-6-13(7-5-12)15(19)16-9-14-10-20-11-17-14/h4-7,10-11,18H,2,8-9H2,(H,16,19). The van der Waals surface area contributed by atoms with Crippen LogP contribution in [-0.4, -0.2) is 22.6 Å². The number of hydrogen-bond acceptors (Lipinski definition) is 4. The zero-order valence-electron chi connectivity index (χ0n) is 10.8. The van der Waals surface area contributed by atoms with E-state index in [9.17, 15) is 4.79 Å². The minimum absolute atomic E-state index is 0.0596. The molecule has 20 heavy (non-hydrogen) atoms. The van der Waals surface area contributed by atoms with E-state index in [1.54, 1.807) is 29.8 Å². The highest BCUT2D eigenvalue weighted by atomic mass is 32.1. The molecule has 1 aromatic heterocycles. The molecule has 2 aromatic rings. The highest BCUT2D eigenvalue weighted by molar-refractivity contribution is 7.07. The molecule has 0 spiro atoms. The number of nitrogens with zero attached hydrogens (tertiary/aromatic N) is 1. The number of rotatable bonds is 4. The SMILES string of the molecule is O=C(NCc1cscn1)c1ccc(C#CCCO)cc1. The molecule has 0 saturated carbocycles. The largest absolute Gasteiger partial charge is 0.395 e. The number of carbonyl (C=O) groups excluding carboxylic acids is 1. The molecule has 0 unspecified atom stereocenters. The van der Waals surface area contributed by atoms with E-state index in [1.807, 2.05) is 5.38 Å². The zero-order chi connectivity index (χ0) is 14.2. The van der Waals surface area contributed by atoms with Crippen LogP contribution in [-0.2, 0) is 6.54 Å². The van der Waals surface area contributed by atoms with Gasteiger partial charge in [0.25, 0.3) is 5.91 Å². The van der Waals surface area contributed by atoms with Gasteiger partial charge in [0.1, 0.15) is 0 Å². The summed E-state index contributed by atoms with van der Waals surface area (Å²) in [6, 6.07) is 7.06. The molecule has 2 rings (SSSR count). The molecule has 0 aliphatic rings.